The van der Waals surface area contributed by atoms with Crippen molar-refractivity contribution >= 4 is 5.97 Å². The summed E-state index contributed by atoms with van der Waals surface area (Å²) in [6.45, 7) is 0.0862. The lowest BCUT2D eigenvalue weighted by Gasteiger charge is -1.96. The fourth-order valence-electron chi connectivity index (χ4n) is 1.14. The van der Waals surface area contributed by atoms with E-state index in [1.54, 1.807) is 0 Å². The molecule has 4 heteroatoms. The molecule has 1 aliphatic heterocycles. The molecule has 0 amide bonds. The Labute approximate surface area is 71.5 Å². The van der Waals surface area contributed by atoms with Crippen molar-refractivity contribution in [1.29, 1.82) is 0 Å². The monoisotopic (exact) mass is 174 g/mol. The molecule has 70 valence electrons. The SMILES string of the molecule is COC(=O)CCCC1OC1CO. The van der Waals surface area contributed by atoms with Crippen molar-refractivity contribution in [2.45, 2.75) is 31.5 Å². The molecule has 0 aromatic rings. The molecule has 0 saturated carbocycles. The molecule has 0 aliphatic carbocycles. The van der Waals surface area contributed by atoms with Gasteiger partial charge in [0.15, 0.2) is 0 Å². The maximum atomic E-state index is 10.7. The molecule has 12 heavy (non-hydrogen) atoms. The lowest BCUT2D eigenvalue weighted by molar-refractivity contribution is -0.140. The Morgan fingerprint density at radius 3 is 2.83 bits per heavy atom. The van der Waals surface area contributed by atoms with Gasteiger partial charge in [-0.1, -0.05) is 0 Å². The minimum absolute atomic E-state index is 0.0163. The molecule has 1 rings (SSSR count). The molecule has 0 aromatic heterocycles. The number of methoxy groups -OCH3 is 1. The van der Waals surface area contributed by atoms with Crippen molar-refractivity contribution in [2.75, 3.05) is 13.7 Å². The van der Waals surface area contributed by atoms with Crippen molar-refractivity contribution in [3.63, 3.8) is 0 Å². The third kappa shape index (κ3) is 2.79. The average molecular weight is 174 g/mol. The van der Waals surface area contributed by atoms with Crippen LogP contribution < -0.4 is 0 Å². The van der Waals surface area contributed by atoms with Crippen molar-refractivity contribution in [2.24, 2.45) is 0 Å². The predicted molar refractivity (Wildman–Crippen MR) is 41.6 cm³/mol. The number of hydrogen-bond donors (Lipinski definition) is 1. The molecule has 0 spiro atoms. The van der Waals surface area contributed by atoms with E-state index in [9.17, 15) is 4.79 Å². The van der Waals surface area contributed by atoms with Gasteiger partial charge in [-0.15, -0.1) is 0 Å². The van der Waals surface area contributed by atoms with Crippen LogP contribution in [0.5, 0.6) is 0 Å². The second-order valence-electron chi connectivity index (χ2n) is 2.86. The van der Waals surface area contributed by atoms with Gasteiger partial charge in [0.05, 0.1) is 19.8 Å². The summed E-state index contributed by atoms with van der Waals surface area (Å²) in [4.78, 5) is 10.7. The Bertz CT molecular complexity index is 157. The van der Waals surface area contributed by atoms with Crippen molar-refractivity contribution in [3.05, 3.63) is 0 Å². The first-order chi connectivity index (χ1) is 5.77. The van der Waals surface area contributed by atoms with Crippen LogP contribution in [0.3, 0.4) is 0 Å². The van der Waals surface area contributed by atoms with Crippen LogP contribution in [0, 0.1) is 0 Å². The van der Waals surface area contributed by atoms with Crippen molar-refractivity contribution in [1.82, 2.24) is 0 Å². The van der Waals surface area contributed by atoms with Crippen LogP contribution in [-0.4, -0.2) is 37.0 Å². The summed E-state index contributed by atoms with van der Waals surface area (Å²) in [6, 6.07) is 0. The molecule has 0 radical (unpaired) electrons. The average Bonchev–Trinajstić information content (AvgIpc) is 2.83. The Hall–Kier alpha value is -0.610. The summed E-state index contributed by atoms with van der Waals surface area (Å²) in [6.07, 6.45) is 2.23. The molecular weight excluding hydrogens is 160 g/mol. The number of esters is 1. The minimum Gasteiger partial charge on any atom is -0.469 e. The number of carbonyl (C=O) groups excluding carboxylic acids is 1. The van der Waals surface area contributed by atoms with E-state index < -0.39 is 0 Å². The Morgan fingerprint density at radius 1 is 1.58 bits per heavy atom. The van der Waals surface area contributed by atoms with Gasteiger partial charge >= 0.3 is 5.97 Å². The highest BCUT2D eigenvalue weighted by atomic mass is 16.6. The quantitative estimate of drug-likeness (QED) is 0.474. The molecular formula is C8H14O4. The summed E-state index contributed by atoms with van der Waals surface area (Å²) in [5, 5.41) is 8.61. The largest absolute Gasteiger partial charge is 0.469 e. The van der Waals surface area contributed by atoms with Gasteiger partial charge in [0.2, 0.25) is 0 Å². The van der Waals surface area contributed by atoms with Gasteiger partial charge in [-0.2, -0.15) is 0 Å². The Kier molecular flexibility index (Phi) is 3.49. The van der Waals surface area contributed by atoms with Crippen LogP contribution in [0.1, 0.15) is 19.3 Å². The first kappa shape index (κ1) is 9.48. The van der Waals surface area contributed by atoms with E-state index >= 15 is 0 Å². The molecule has 1 saturated heterocycles. The van der Waals surface area contributed by atoms with E-state index in [1.807, 2.05) is 0 Å². The molecule has 4 nitrogen and oxygen atoms in total. The number of epoxide rings is 1. The summed E-state index contributed by atoms with van der Waals surface area (Å²) in [7, 11) is 1.38. The van der Waals surface area contributed by atoms with Crippen LogP contribution in [0.4, 0.5) is 0 Å². The number of aliphatic hydroxyl groups is 1. The summed E-state index contributed by atoms with van der Waals surface area (Å²) >= 11 is 0. The van der Waals surface area contributed by atoms with Crippen LogP contribution in [-0.2, 0) is 14.3 Å². The van der Waals surface area contributed by atoms with Gasteiger partial charge in [-0.05, 0) is 12.8 Å². The maximum absolute atomic E-state index is 10.7. The van der Waals surface area contributed by atoms with Crippen LogP contribution >= 0.6 is 0 Å². The van der Waals surface area contributed by atoms with Gasteiger partial charge in [0, 0.05) is 6.42 Å². The number of hydrogen-bond acceptors (Lipinski definition) is 4. The smallest absolute Gasteiger partial charge is 0.305 e. The minimum atomic E-state index is -0.184. The normalized spacial score (nSPS) is 26.8. The fraction of sp³-hybridized carbons (Fsp3) is 0.875. The molecule has 2 unspecified atom stereocenters. The van der Waals surface area contributed by atoms with Gasteiger partial charge in [-0.3, -0.25) is 4.79 Å². The lowest BCUT2D eigenvalue weighted by Crippen LogP contribution is -2.02. The van der Waals surface area contributed by atoms with Gasteiger partial charge in [0.1, 0.15) is 6.10 Å². The second kappa shape index (κ2) is 4.42. The van der Waals surface area contributed by atoms with E-state index in [2.05, 4.69) is 4.74 Å². The highest BCUT2D eigenvalue weighted by Gasteiger charge is 2.37. The summed E-state index contributed by atoms with van der Waals surface area (Å²) in [5.41, 5.74) is 0. The van der Waals surface area contributed by atoms with Gasteiger partial charge < -0.3 is 14.6 Å². The number of ether oxygens (including phenoxy) is 2. The summed E-state index contributed by atoms with van der Waals surface area (Å²) in [5.74, 6) is -0.184. The third-order valence-electron chi connectivity index (χ3n) is 1.96. The second-order valence-corrected chi connectivity index (χ2v) is 2.86. The number of carbonyl (C=O) groups is 1. The molecule has 1 fully saturated rings. The molecule has 1 aliphatic rings. The highest BCUT2D eigenvalue weighted by molar-refractivity contribution is 5.68. The molecule has 0 bridgehead atoms. The number of aliphatic hydroxyl groups excluding tert-OH is 1. The Balaban J connectivity index is 1.94. The van der Waals surface area contributed by atoms with Crippen LogP contribution in [0.2, 0.25) is 0 Å². The molecule has 1 N–H and O–H groups in total. The zero-order chi connectivity index (χ0) is 8.97. The third-order valence-corrected chi connectivity index (χ3v) is 1.96. The van der Waals surface area contributed by atoms with Crippen molar-refractivity contribution in [3.8, 4) is 0 Å². The van der Waals surface area contributed by atoms with E-state index in [0.29, 0.717) is 6.42 Å². The van der Waals surface area contributed by atoms with Crippen LogP contribution in [0.25, 0.3) is 0 Å². The highest BCUT2D eigenvalue weighted by Crippen LogP contribution is 2.26. The van der Waals surface area contributed by atoms with Gasteiger partial charge in [-0.25, -0.2) is 0 Å². The topological polar surface area (TPSA) is 59.1 Å². The van der Waals surface area contributed by atoms with Gasteiger partial charge in [0.25, 0.3) is 0 Å². The molecule has 0 aromatic carbocycles. The van der Waals surface area contributed by atoms with E-state index in [0.717, 1.165) is 12.8 Å². The standard InChI is InChI=1S/C8H14O4/c1-11-8(10)4-2-3-6-7(5-9)12-6/h6-7,9H,2-5H2,1H3. The van der Waals surface area contributed by atoms with E-state index in [4.69, 9.17) is 9.84 Å². The summed E-state index contributed by atoms with van der Waals surface area (Å²) < 4.78 is 9.56. The first-order valence-electron chi connectivity index (χ1n) is 4.11. The predicted octanol–water partition coefficient (Wildman–Crippen LogP) is 0.0894. The lowest BCUT2D eigenvalue weighted by atomic mass is 10.1. The van der Waals surface area contributed by atoms with Crippen LogP contribution in [0.15, 0.2) is 0 Å². The fourth-order valence-corrected chi connectivity index (χ4v) is 1.14. The Morgan fingerprint density at radius 2 is 2.33 bits per heavy atom. The first-order valence-corrected chi connectivity index (χ1v) is 4.11. The maximum Gasteiger partial charge on any atom is 0.305 e. The zero-order valence-electron chi connectivity index (χ0n) is 7.16. The van der Waals surface area contributed by atoms with E-state index in [1.165, 1.54) is 7.11 Å². The van der Waals surface area contributed by atoms with E-state index in [-0.39, 0.29) is 24.8 Å². The van der Waals surface area contributed by atoms with Crippen molar-refractivity contribution < 1.29 is 19.4 Å². The molecule has 1 heterocycles. The zero-order valence-corrected chi connectivity index (χ0v) is 7.16. The number of rotatable bonds is 5. The molecule has 2 atom stereocenters.